The summed E-state index contributed by atoms with van der Waals surface area (Å²) >= 11 is 11.6. The third-order valence-corrected chi connectivity index (χ3v) is 6.66. The van der Waals surface area contributed by atoms with E-state index < -0.39 is 0 Å². The van der Waals surface area contributed by atoms with Gasteiger partial charge in [0.25, 0.3) is 0 Å². The van der Waals surface area contributed by atoms with E-state index in [9.17, 15) is 0 Å². The molecule has 1 heterocycles. The fraction of sp³-hybridized carbons (Fsp3) is 0.176. The Morgan fingerprint density at radius 3 is 2.39 bits per heavy atom. The number of hydrogen-bond donors (Lipinski definition) is 0. The van der Waals surface area contributed by atoms with Crippen LogP contribution in [0.1, 0.15) is 10.5 Å². The van der Waals surface area contributed by atoms with Crippen molar-refractivity contribution in [2.45, 2.75) is 4.94 Å². The molecular weight excluding hydrogens is 393 g/mol. The van der Waals surface area contributed by atoms with Crippen LogP contribution in [0.25, 0.3) is 0 Å². The third-order valence-electron chi connectivity index (χ3n) is 3.42. The summed E-state index contributed by atoms with van der Waals surface area (Å²) in [5.41, 5.74) is 2.40. The van der Waals surface area contributed by atoms with Crippen molar-refractivity contribution in [3.05, 3.63) is 65.2 Å². The number of para-hydroxylation sites is 1. The number of nitrogens with zero attached hydrogens (tertiary/aromatic N) is 3. The summed E-state index contributed by atoms with van der Waals surface area (Å²) in [6.07, 6.45) is 0. The Bertz CT molecular complexity index is 731. The van der Waals surface area contributed by atoms with Crippen LogP contribution in [0.5, 0.6) is 0 Å². The first kappa shape index (κ1) is 16.5. The van der Waals surface area contributed by atoms with Crippen molar-refractivity contribution in [2.75, 3.05) is 19.0 Å². The molecule has 0 N–H and O–H groups in total. The average molecular weight is 409 g/mol. The predicted molar refractivity (Wildman–Crippen MR) is 103 cm³/mol. The molecule has 118 valence electrons. The molecule has 23 heavy (non-hydrogen) atoms. The molecule has 1 unspecified atom stereocenters. The molecule has 6 heteroatoms. The van der Waals surface area contributed by atoms with E-state index in [-0.39, 0.29) is 15.0 Å². The van der Waals surface area contributed by atoms with Gasteiger partial charge in [0.15, 0.2) is 0 Å². The monoisotopic (exact) mass is 409 g/mol. The van der Waals surface area contributed by atoms with Crippen LogP contribution in [0, 0.1) is 0 Å². The van der Waals surface area contributed by atoms with Gasteiger partial charge in [-0.25, -0.2) is 0 Å². The van der Waals surface area contributed by atoms with Crippen molar-refractivity contribution >= 4 is 54.3 Å². The molecule has 0 aliphatic carbocycles. The van der Waals surface area contributed by atoms with Crippen LogP contribution >= 0.6 is 23.8 Å². The van der Waals surface area contributed by atoms with Gasteiger partial charge in [0.2, 0.25) is 0 Å². The van der Waals surface area contributed by atoms with Crippen LogP contribution in [0.4, 0.5) is 5.69 Å². The quantitative estimate of drug-likeness (QED) is 0.557. The van der Waals surface area contributed by atoms with Gasteiger partial charge < -0.3 is 0 Å². The molecule has 1 saturated heterocycles. The van der Waals surface area contributed by atoms with Crippen molar-refractivity contribution in [3.63, 3.8) is 0 Å². The van der Waals surface area contributed by atoms with E-state index in [0.717, 1.165) is 15.4 Å². The Balaban J connectivity index is 1.93. The van der Waals surface area contributed by atoms with Crippen LogP contribution in [0.3, 0.4) is 0 Å². The Kier molecular flexibility index (Phi) is 5.02. The van der Waals surface area contributed by atoms with Crippen molar-refractivity contribution < 1.29 is 0 Å². The van der Waals surface area contributed by atoms with Crippen molar-refractivity contribution in [3.8, 4) is 0 Å². The van der Waals surface area contributed by atoms with Crippen LogP contribution in [0.2, 0.25) is 5.02 Å². The fourth-order valence-corrected chi connectivity index (χ4v) is 4.90. The van der Waals surface area contributed by atoms with Crippen LogP contribution in [-0.2, 0) is 0 Å². The molecule has 2 aromatic carbocycles. The minimum atomic E-state index is 0.240. The van der Waals surface area contributed by atoms with Crippen LogP contribution < -0.4 is 4.90 Å². The Morgan fingerprint density at radius 1 is 1.13 bits per heavy atom. The van der Waals surface area contributed by atoms with E-state index in [1.807, 2.05) is 49.3 Å². The summed E-state index contributed by atoms with van der Waals surface area (Å²) in [6, 6.07) is 18.4. The zero-order valence-corrected chi connectivity index (χ0v) is 16.1. The molecule has 0 bridgehead atoms. The van der Waals surface area contributed by atoms with Gasteiger partial charge >= 0.3 is 153 Å². The maximum absolute atomic E-state index is 6.01. The molecule has 1 atom stereocenters. The number of anilines is 1. The Labute approximate surface area is 153 Å². The van der Waals surface area contributed by atoms with Gasteiger partial charge in [0, 0.05) is 0 Å². The normalized spacial score (nSPS) is 18.7. The summed E-state index contributed by atoms with van der Waals surface area (Å²) in [5, 5.41) is 1.37. The van der Waals surface area contributed by atoms with Gasteiger partial charge in [-0.15, -0.1) is 0 Å². The van der Waals surface area contributed by atoms with Crippen LogP contribution in [-0.4, -0.2) is 43.8 Å². The Morgan fingerprint density at radius 2 is 1.78 bits per heavy atom. The topological polar surface area (TPSA) is 18.8 Å². The average Bonchev–Trinajstić information content (AvgIpc) is 2.53. The summed E-state index contributed by atoms with van der Waals surface area (Å²) in [4.78, 5) is 9.08. The van der Waals surface area contributed by atoms with E-state index >= 15 is 0 Å². The number of aliphatic imine (C=N–C) groups is 1. The molecule has 0 saturated carbocycles. The van der Waals surface area contributed by atoms with E-state index in [1.165, 1.54) is 5.56 Å². The second-order valence-corrected chi connectivity index (χ2v) is 8.30. The number of amidine groups is 1. The zero-order valence-electron chi connectivity index (χ0n) is 12.8. The standard InChI is InChI=1S/C17H16ClN3SSe/c1-20(2)16(22)19-17-21(14-6-4-3-5-7-14)15(23-17)12-8-10-13(18)11-9-12/h3-11,15H,1-2H3/b19-17+. The van der Waals surface area contributed by atoms with E-state index in [2.05, 4.69) is 34.2 Å². The van der Waals surface area contributed by atoms with Gasteiger partial charge in [-0.2, -0.15) is 0 Å². The van der Waals surface area contributed by atoms with E-state index in [1.54, 1.807) is 0 Å². The molecule has 3 rings (SSSR count). The summed E-state index contributed by atoms with van der Waals surface area (Å²) in [6.45, 7) is 0. The van der Waals surface area contributed by atoms with Gasteiger partial charge in [-0.05, 0) is 0 Å². The van der Waals surface area contributed by atoms with Crippen molar-refractivity contribution in [1.29, 1.82) is 0 Å². The number of hydrogen-bond acceptors (Lipinski definition) is 1. The molecule has 1 aliphatic rings. The molecular formula is C17H16ClN3SSe. The van der Waals surface area contributed by atoms with Gasteiger partial charge in [0.05, 0.1) is 0 Å². The summed E-state index contributed by atoms with van der Waals surface area (Å²) < 4.78 is 1.06. The van der Waals surface area contributed by atoms with Crippen molar-refractivity contribution in [1.82, 2.24) is 4.90 Å². The second kappa shape index (κ2) is 7.02. The fourth-order valence-electron chi connectivity index (χ4n) is 2.20. The molecule has 0 spiro atoms. The molecule has 1 aliphatic heterocycles. The third kappa shape index (κ3) is 3.59. The minimum absolute atomic E-state index is 0.240. The van der Waals surface area contributed by atoms with E-state index in [4.69, 9.17) is 23.8 Å². The van der Waals surface area contributed by atoms with Gasteiger partial charge in [-0.3, -0.25) is 0 Å². The molecule has 0 aromatic heterocycles. The SMILES string of the molecule is CN(C)C(=S)/N=C1/[Se]C(c2ccc(Cl)cc2)N1c1ccccc1. The van der Waals surface area contributed by atoms with Gasteiger partial charge in [-0.1, -0.05) is 0 Å². The van der Waals surface area contributed by atoms with E-state index in [0.29, 0.717) is 10.1 Å². The molecule has 2 aromatic rings. The number of benzene rings is 2. The maximum atomic E-state index is 6.01. The van der Waals surface area contributed by atoms with Crippen molar-refractivity contribution in [2.24, 2.45) is 4.99 Å². The molecule has 0 amide bonds. The summed E-state index contributed by atoms with van der Waals surface area (Å²) in [7, 11) is 3.84. The second-order valence-electron chi connectivity index (χ2n) is 5.30. The number of rotatable bonds is 2. The zero-order chi connectivity index (χ0) is 16.4. The predicted octanol–water partition coefficient (Wildman–Crippen LogP) is 3.77. The summed E-state index contributed by atoms with van der Waals surface area (Å²) in [5.74, 6) is 0. The molecule has 3 nitrogen and oxygen atoms in total. The first-order chi connectivity index (χ1) is 11.1. The number of thiocarbonyl (C=S) groups is 1. The first-order valence-corrected chi connectivity index (χ1v) is 9.76. The number of halogens is 1. The first-order valence-electron chi connectivity index (χ1n) is 7.12. The molecule has 1 fully saturated rings. The van der Waals surface area contributed by atoms with Crippen LogP contribution in [0.15, 0.2) is 59.6 Å². The molecule has 0 radical (unpaired) electrons. The Hall–Kier alpha value is -1.39. The van der Waals surface area contributed by atoms with Gasteiger partial charge in [0.1, 0.15) is 0 Å².